The summed E-state index contributed by atoms with van der Waals surface area (Å²) >= 11 is 36.8. The predicted octanol–water partition coefficient (Wildman–Crippen LogP) is 6.06. The quantitative estimate of drug-likeness (QED) is 0.425. The lowest BCUT2D eigenvalue weighted by molar-refractivity contribution is 0.293. The van der Waals surface area contributed by atoms with E-state index in [1.54, 1.807) is 19.2 Å². The molecule has 1 N–H and O–H groups in total. The SMILES string of the molecule is COc1ccc(C2=C(C(Cl)(Cl)Cl)C=NNN2C(Cl)(Cl)Cl)c2ccccc12. The van der Waals surface area contributed by atoms with Crippen LogP contribution in [0, 0.1) is 0 Å². The van der Waals surface area contributed by atoms with Crippen molar-refractivity contribution in [1.82, 2.24) is 10.5 Å². The van der Waals surface area contributed by atoms with Gasteiger partial charge in [-0.15, -0.1) is 0 Å². The molecule has 26 heavy (non-hydrogen) atoms. The summed E-state index contributed by atoms with van der Waals surface area (Å²) in [7, 11) is 1.59. The average molecular weight is 474 g/mol. The summed E-state index contributed by atoms with van der Waals surface area (Å²) in [5, 5.41) is 6.82. The van der Waals surface area contributed by atoms with Crippen LogP contribution in [0.25, 0.3) is 16.5 Å². The van der Waals surface area contributed by atoms with Crippen molar-refractivity contribution in [1.29, 1.82) is 0 Å². The van der Waals surface area contributed by atoms with E-state index in [4.69, 9.17) is 74.3 Å². The smallest absolute Gasteiger partial charge is 0.286 e. The second-order valence-corrected chi connectivity index (χ2v) is 9.79. The number of hydrazine groups is 1. The van der Waals surface area contributed by atoms with Crippen LogP contribution >= 0.6 is 69.6 Å². The summed E-state index contributed by atoms with van der Waals surface area (Å²) in [6.45, 7) is 0. The summed E-state index contributed by atoms with van der Waals surface area (Å²) in [6, 6.07) is 11.2. The van der Waals surface area contributed by atoms with Crippen LogP contribution in [-0.2, 0) is 0 Å². The summed E-state index contributed by atoms with van der Waals surface area (Å²) in [6.07, 6.45) is 1.38. The fraction of sp³-hybridized carbons (Fsp3) is 0.188. The van der Waals surface area contributed by atoms with Gasteiger partial charge in [0.25, 0.3) is 3.92 Å². The molecule has 0 radical (unpaired) electrons. The van der Waals surface area contributed by atoms with Gasteiger partial charge in [0.15, 0.2) is 0 Å². The van der Waals surface area contributed by atoms with Gasteiger partial charge < -0.3 is 4.74 Å². The first kappa shape index (κ1) is 20.0. The largest absolute Gasteiger partial charge is 0.496 e. The molecular weight excluding hydrogens is 463 g/mol. The number of benzene rings is 2. The zero-order valence-corrected chi connectivity index (χ0v) is 17.6. The van der Waals surface area contributed by atoms with Gasteiger partial charge in [0.2, 0.25) is 3.79 Å². The zero-order valence-electron chi connectivity index (χ0n) is 13.1. The molecule has 138 valence electrons. The van der Waals surface area contributed by atoms with Gasteiger partial charge in [-0.1, -0.05) is 93.9 Å². The maximum atomic E-state index is 6.16. The molecular formula is C16H11Cl6N3O. The lowest BCUT2D eigenvalue weighted by Crippen LogP contribution is -2.45. The number of fused-ring (bicyclic) bond motifs is 1. The first-order valence-electron chi connectivity index (χ1n) is 7.18. The van der Waals surface area contributed by atoms with Gasteiger partial charge in [-0.2, -0.15) is 5.10 Å². The number of nitrogens with one attached hydrogen (secondary N) is 1. The van der Waals surface area contributed by atoms with Crippen molar-refractivity contribution in [2.75, 3.05) is 7.11 Å². The van der Waals surface area contributed by atoms with Crippen LogP contribution in [0.15, 0.2) is 47.1 Å². The number of methoxy groups -OCH3 is 1. The third-order valence-electron chi connectivity index (χ3n) is 3.75. The van der Waals surface area contributed by atoms with Gasteiger partial charge in [-0.05, 0) is 17.5 Å². The highest BCUT2D eigenvalue weighted by Crippen LogP contribution is 2.46. The first-order chi connectivity index (χ1) is 12.1. The van der Waals surface area contributed by atoms with Crippen LogP contribution < -0.4 is 10.3 Å². The third kappa shape index (κ3) is 3.77. The monoisotopic (exact) mass is 471 g/mol. The molecule has 2 aromatic carbocycles. The fourth-order valence-electron chi connectivity index (χ4n) is 2.70. The number of alkyl halides is 6. The van der Waals surface area contributed by atoms with E-state index in [9.17, 15) is 0 Å². The number of nitrogens with zero attached hydrogens (tertiary/aromatic N) is 2. The van der Waals surface area contributed by atoms with Crippen molar-refractivity contribution in [3.05, 3.63) is 47.5 Å². The van der Waals surface area contributed by atoms with Gasteiger partial charge in [0.1, 0.15) is 5.75 Å². The number of hydrazone groups is 1. The van der Waals surface area contributed by atoms with Gasteiger partial charge in [0, 0.05) is 16.5 Å². The van der Waals surface area contributed by atoms with Crippen LogP contribution in [0.2, 0.25) is 0 Å². The van der Waals surface area contributed by atoms with E-state index in [2.05, 4.69) is 10.6 Å². The Morgan fingerprint density at radius 3 is 2.19 bits per heavy atom. The van der Waals surface area contributed by atoms with Crippen molar-refractivity contribution in [3.8, 4) is 5.75 Å². The maximum Gasteiger partial charge on any atom is 0.286 e. The van der Waals surface area contributed by atoms with Gasteiger partial charge in [-0.25, -0.2) is 10.5 Å². The Hall–Kier alpha value is -0.750. The topological polar surface area (TPSA) is 36.9 Å². The van der Waals surface area contributed by atoms with Crippen LogP contribution in [0.1, 0.15) is 5.56 Å². The molecule has 0 atom stereocenters. The Balaban J connectivity index is 2.38. The molecule has 0 saturated carbocycles. The maximum absolute atomic E-state index is 6.16. The van der Waals surface area contributed by atoms with Crippen LogP contribution in [0.5, 0.6) is 5.75 Å². The number of halogens is 6. The first-order valence-corrected chi connectivity index (χ1v) is 9.44. The van der Waals surface area contributed by atoms with E-state index >= 15 is 0 Å². The molecule has 3 rings (SSSR count). The number of ether oxygens (including phenoxy) is 1. The number of hydrogen-bond donors (Lipinski definition) is 1. The summed E-state index contributed by atoms with van der Waals surface area (Å²) in [5.41, 5.74) is 3.95. The second-order valence-electron chi connectivity index (χ2n) is 5.28. The van der Waals surface area contributed by atoms with E-state index in [-0.39, 0.29) is 5.57 Å². The Kier molecular flexibility index (Phi) is 5.65. The molecule has 1 heterocycles. The van der Waals surface area contributed by atoms with Gasteiger partial charge in [-0.3, -0.25) is 0 Å². The standard InChI is InChI=1S/C16H11Cl6N3O/c1-26-13-7-6-11(9-4-2-3-5-10(9)13)14-12(15(17,18)19)8-23-24-25(14)16(20,21)22/h2-8,24H,1H3. The van der Waals surface area contributed by atoms with Crippen molar-refractivity contribution in [2.45, 2.75) is 7.71 Å². The summed E-state index contributed by atoms with van der Waals surface area (Å²) < 4.78 is 1.74. The molecule has 1 aliphatic rings. The Labute approximate surface area is 180 Å². The molecule has 0 unspecified atom stereocenters. The average Bonchev–Trinajstić information content (AvgIpc) is 2.58. The fourth-order valence-corrected chi connectivity index (χ4v) is 3.48. The van der Waals surface area contributed by atoms with E-state index in [0.717, 1.165) is 10.8 Å². The Bertz CT molecular complexity index is 901. The molecule has 0 aromatic heterocycles. The second kappa shape index (κ2) is 7.34. The lowest BCUT2D eigenvalue weighted by atomic mass is 9.98. The van der Waals surface area contributed by atoms with Gasteiger partial charge >= 0.3 is 0 Å². The van der Waals surface area contributed by atoms with E-state index in [0.29, 0.717) is 17.0 Å². The minimum Gasteiger partial charge on any atom is -0.496 e. The molecule has 0 fully saturated rings. The van der Waals surface area contributed by atoms with Crippen LogP contribution in [0.3, 0.4) is 0 Å². The Morgan fingerprint density at radius 2 is 1.62 bits per heavy atom. The minimum absolute atomic E-state index is 0.253. The summed E-state index contributed by atoms with van der Waals surface area (Å²) in [4.78, 5) is 0. The van der Waals surface area contributed by atoms with E-state index < -0.39 is 7.71 Å². The third-order valence-corrected chi connectivity index (χ3v) is 4.87. The zero-order chi connectivity index (χ0) is 19.1. The molecule has 1 aliphatic heterocycles. The molecule has 0 aliphatic carbocycles. The van der Waals surface area contributed by atoms with Crippen molar-refractivity contribution in [2.24, 2.45) is 5.10 Å². The van der Waals surface area contributed by atoms with Gasteiger partial charge in [0.05, 0.1) is 19.0 Å². The summed E-state index contributed by atoms with van der Waals surface area (Å²) in [5.74, 6) is 0.693. The molecule has 0 bridgehead atoms. The molecule has 0 saturated heterocycles. The molecule has 0 amide bonds. The highest BCUT2D eigenvalue weighted by Gasteiger charge is 2.40. The van der Waals surface area contributed by atoms with E-state index in [1.807, 2.05) is 24.3 Å². The highest BCUT2D eigenvalue weighted by molar-refractivity contribution is 6.71. The Morgan fingerprint density at radius 1 is 0.962 bits per heavy atom. The number of hydrogen-bond acceptors (Lipinski definition) is 4. The predicted molar refractivity (Wildman–Crippen MR) is 111 cm³/mol. The molecule has 4 nitrogen and oxygen atoms in total. The number of allylic oxidation sites excluding steroid dienone is 1. The molecule has 0 spiro atoms. The highest BCUT2D eigenvalue weighted by atomic mass is 35.6. The van der Waals surface area contributed by atoms with E-state index in [1.165, 1.54) is 11.2 Å². The molecule has 10 heteroatoms. The van der Waals surface area contributed by atoms with Crippen molar-refractivity contribution < 1.29 is 4.74 Å². The molecule has 2 aromatic rings. The van der Waals surface area contributed by atoms with Crippen LogP contribution in [-0.4, -0.2) is 26.0 Å². The minimum atomic E-state index is -1.89. The number of rotatable bonds is 2. The van der Waals surface area contributed by atoms with Crippen molar-refractivity contribution in [3.63, 3.8) is 0 Å². The normalized spacial score (nSPS) is 15.4. The lowest BCUT2D eigenvalue weighted by Gasteiger charge is -2.37. The van der Waals surface area contributed by atoms with Crippen molar-refractivity contribution >= 4 is 92.3 Å². The van der Waals surface area contributed by atoms with Crippen LogP contribution in [0.4, 0.5) is 0 Å².